The van der Waals surface area contributed by atoms with Crippen molar-refractivity contribution in [3.05, 3.63) is 0 Å². The zero-order valence-corrected chi connectivity index (χ0v) is 25.1. The van der Waals surface area contributed by atoms with Crippen molar-refractivity contribution in [1.29, 1.82) is 0 Å². The molecule has 20 nitrogen and oxygen atoms in total. The summed E-state index contributed by atoms with van der Waals surface area (Å²) in [4.78, 5) is 0. The quantitative estimate of drug-likeness (QED) is 0.175. The van der Waals surface area contributed by atoms with Crippen molar-refractivity contribution in [3.8, 4) is 0 Å². The average molecular weight is 1080 g/mol. The first-order valence-electron chi connectivity index (χ1n) is 3.40. The van der Waals surface area contributed by atoms with Gasteiger partial charge < -0.3 is 0 Å². The molecule has 0 aliphatic heterocycles. The summed E-state index contributed by atoms with van der Waals surface area (Å²) < 4.78 is 168. The van der Waals surface area contributed by atoms with E-state index in [0.717, 1.165) is 0 Å². The summed E-state index contributed by atoms with van der Waals surface area (Å²) in [5, 5.41) is 0. The van der Waals surface area contributed by atoms with Crippen LogP contribution in [0.5, 0.6) is 0 Å². The van der Waals surface area contributed by atoms with Crippen LogP contribution >= 0.6 is 0 Å². The molecule has 0 unspecified atom stereocenters. The van der Waals surface area contributed by atoms with Gasteiger partial charge in [-0.05, 0) is 0 Å². The van der Waals surface area contributed by atoms with Gasteiger partial charge in [-0.3, -0.25) is 0 Å². The fraction of sp³-hybridized carbons (Fsp3) is 0. The molecular weight excluding hydrogens is 1080 g/mol. The fourth-order valence-electron chi connectivity index (χ4n) is 0. The molecule has 27 heavy (non-hydrogen) atoms. The molecule has 4 N–H and O–H groups in total. The molecule has 0 spiro atoms. The third kappa shape index (κ3) is 5740. The van der Waals surface area contributed by atoms with Crippen molar-refractivity contribution in [2.24, 2.45) is 0 Å². The Labute approximate surface area is 184 Å². The Hall–Kier alpha value is 1.79. The molecule has 0 fully saturated rings. The van der Waals surface area contributed by atoms with E-state index in [0.29, 0.717) is 0 Å². The Bertz CT molecular complexity index is 619. The Kier molecular flexibility index (Phi) is 34.2. The van der Waals surface area contributed by atoms with Crippen molar-refractivity contribution in [2.75, 3.05) is 0 Å². The van der Waals surface area contributed by atoms with E-state index in [2.05, 4.69) is 0 Å². The maximum absolute atomic E-state index is 8.82. The Balaban J connectivity index is -0.0000000364. The first kappa shape index (κ1) is 46.8. The van der Waals surface area contributed by atoms with Crippen LogP contribution < -0.4 is 22.6 Å². The van der Waals surface area contributed by atoms with Crippen molar-refractivity contribution < 1.29 is 187 Å². The van der Waals surface area contributed by atoms with Crippen LogP contribution in [0.2, 0.25) is 0 Å². The second kappa shape index (κ2) is 19.7. The van der Waals surface area contributed by atoms with E-state index in [9.17, 15) is 0 Å². The van der Waals surface area contributed by atoms with E-state index in [4.69, 9.17) is 74.8 Å². The van der Waals surface area contributed by atoms with Gasteiger partial charge in [0.25, 0.3) is 0 Å². The summed E-state index contributed by atoms with van der Waals surface area (Å²) in [7, 11) is 0. The van der Waals surface area contributed by atoms with E-state index in [1.807, 2.05) is 0 Å². The van der Waals surface area contributed by atoms with E-state index in [1.54, 1.807) is 0 Å². The predicted octanol–water partition coefficient (Wildman–Crippen LogP) is -10.6. The molecular formula is H4Cr4O20W3. The SMILES string of the molecule is [Cr+3].[Cr+3].[O]=[Cr](=[O])([OH])[OH].[O]=[Cr](=[O])([OH])[OH].[O]=[W](=[O])([O-])[O-].[O]=[W](=[O])([O-])[O-].[O]=[W](=[O])([O-])[O-]. The van der Waals surface area contributed by atoms with E-state index < -0.39 is 77.5 Å². The van der Waals surface area contributed by atoms with Crippen LogP contribution in [-0.2, 0) is 148 Å². The minimum atomic E-state index is -6.17. The van der Waals surface area contributed by atoms with E-state index in [-0.39, 0.29) is 34.7 Å². The maximum atomic E-state index is 8.82. The molecule has 0 aromatic heterocycles. The van der Waals surface area contributed by atoms with Gasteiger partial charge in [-0.15, -0.1) is 0 Å². The van der Waals surface area contributed by atoms with Crippen LogP contribution in [-0.4, -0.2) is 16.6 Å². The third-order valence-corrected chi connectivity index (χ3v) is 0. The van der Waals surface area contributed by atoms with Gasteiger partial charge in [-0.25, -0.2) is 0 Å². The molecule has 0 aliphatic carbocycles. The molecule has 0 aromatic rings. The monoisotopic (exact) mass is 1080 g/mol. The summed E-state index contributed by atoms with van der Waals surface area (Å²) in [5.41, 5.74) is 0. The molecule has 27 heteroatoms. The van der Waals surface area contributed by atoms with Crippen molar-refractivity contribution in [1.82, 2.24) is 0 Å². The molecule has 0 saturated carbocycles. The molecule has 0 amide bonds. The van der Waals surface area contributed by atoms with Crippen LogP contribution in [0.3, 0.4) is 0 Å². The van der Waals surface area contributed by atoms with Gasteiger partial charge in [-0.2, -0.15) is 0 Å². The fourth-order valence-corrected chi connectivity index (χ4v) is 0. The standard InChI is InChI=1S/4Cr.4H2O.16O.3W/h;;;;4*1H2;;;;;;;;;;;;;;;;;;;/q2*+2;2*+3;;;;;;;;;;;;;;;6*-1;;;/p-4. The Morgan fingerprint density at radius 2 is 0.444 bits per heavy atom. The second-order valence-electron chi connectivity index (χ2n) is 2.12. The second-order valence-corrected chi connectivity index (χ2v) is 13.7. The summed E-state index contributed by atoms with van der Waals surface area (Å²) in [6, 6.07) is 0. The Morgan fingerprint density at radius 1 is 0.444 bits per heavy atom. The topological polar surface area (TPSA) is 390 Å². The zero-order valence-electron chi connectivity index (χ0n) is 11.2. The van der Waals surface area contributed by atoms with Crippen LogP contribution in [0.15, 0.2) is 0 Å². The van der Waals surface area contributed by atoms with Gasteiger partial charge in [0, 0.05) is 0 Å². The number of hydrogen-bond acceptors (Lipinski definition) is 16. The van der Waals surface area contributed by atoms with Crippen LogP contribution in [0, 0.1) is 0 Å². The van der Waals surface area contributed by atoms with Gasteiger partial charge in [0.1, 0.15) is 0 Å². The normalized spacial score (nSPS) is 10.7. The molecule has 0 rings (SSSR count). The first-order valence-corrected chi connectivity index (χ1v) is 22.1. The van der Waals surface area contributed by atoms with Gasteiger partial charge in [-0.1, -0.05) is 0 Å². The molecule has 0 aromatic carbocycles. The number of rotatable bonds is 0. The van der Waals surface area contributed by atoms with Gasteiger partial charge in [0.05, 0.1) is 0 Å². The number of hydrogen-bond donors (Lipinski definition) is 4. The molecule has 0 heterocycles. The van der Waals surface area contributed by atoms with Gasteiger partial charge in [0.2, 0.25) is 0 Å². The van der Waals surface area contributed by atoms with Crippen molar-refractivity contribution >= 4 is 0 Å². The van der Waals surface area contributed by atoms with Gasteiger partial charge >= 0.3 is 187 Å². The summed E-state index contributed by atoms with van der Waals surface area (Å²) in [5.74, 6) is 0. The van der Waals surface area contributed by atoms with E-state index in [1.165, 1.54) is 0 Å². The predicted molar refractivity (Wildman–Crippen MR) is 15.7 cm³/mol. The summed E-state index contributed by atoms with van der Waals surface area (Å²) in [6.07, 6.45) is 0. The molecule has 166 valence electrons. The molecule has 0 saturated heterocycles. The van der Waals surface area contributed by atoms with Crippen molar-refractivity contribution in [2.45, 2.75) is 0 Å². The third-order valence-electron chi connectivity index (χ3n) is 0. The van der Waals surface area contributed by atoms with Crippen LogP contribution in [0.25, 0.3) is 0 Å². The van der Waals surface area contributed by atoms with Crippen LogP contribution in [0.1, 0.15) is 0 Å². The van der Waals surface area contributed by atoms with Gasteiger partial charge in [0.15, 0.2) is 0 Å². The molecule has 0 bridgehead atoms. The van der Waals surface area contributed by atoms with Crippen LogP contribution in [0.4, 0.5) is 0 Å². The van der Waals surface area contributed by atoms with E-state index >= 15 is 0 Å². The molecule has 2 radical (unpaired) electrons. The molecule has 0 aliphatic rings. The average Bonchev–Trinajstić information content (AvgIpc) is 1.79. The summed E-state index contributed by atoms with van der Waals surface area (Å²) in [6.45, 7) is 0. The zero-order chi connectivity index (χ0) is 22.5. The molecule has 0 atom stereocenters. The van der Waals surface area contributed by atoms with Crippen molar-refractivity contribution in [3.63, 3.8) is 0 Å². The Morgan fingerprint density at radius 3 is 0.444 bits per heavy atom. The summed E-state index contributed by atoms with van der Waals surface area (Å²) >= 11 is -29.0. The minimum absolute atomic E-state index is 0. The first-order chi connectivity index (χ1) is 10.0.